The standard InChI is InChI=1S/C23H32O4/c1-22(2)26-19-12-17-15-7-6-13-10-14(24-4)11-18(25-5)20(13)16(15)8-9-23(17,3)21(19)27-22/h10-11,15-17,19,21H,6-9,12H2,1-5H3/t15-,16-,17-,19-,21-,23-/m0/s1. The van der Waals surface area contributed by atoms with Crippen molar-refractivity contribution in [3.8, 4) is 11.5 Å². The fourth-order valence-corrected chi connectivity index (χ4v) is 6.90. The highest BCUT2D eigenvalue weighted by Gasteiger charge is 2.63. The van der Waals surface area contributed by atoms with Crippen molar-refractivity contribution in [3.05, 3.63) is 23.3 Å². The van der Waals surface area contributed by atoms with E-state index in [4.69, 9.17) is 18.9 Å². The van der Waals surface area contributed by atoms with Crippen molar-refractivity contribution < 1.29 is 18.9 Å². The zero-order valence-corrected chi connectivity index (χ0v) is 17.2. The van der Waals surface area contributed by atoms with E-state index < -0.39 is 5.79 Å². The third kappa shape index (κ3) is 2.49. The molecule has 27 heavy (non-hydrogen) atoms. The lowest BCUT2D eigenvalue weighted by atomic mass is 9.55. The molecule has 3 fully saturated rings. The molecule has 4 aliphatic rings. The van der Waals surface area contributed by atoms with Crippen LogP contribution in [0.25, 0.3) is 0 Å². The minimum atomic E-state index is -0.431. The van der Waals surface area contributed by atoms with Gasteiger partial charge in [-0.3, -0.25) is 0 Å². The van der Waals surface area contributed by atoms with Crippen LogP contribution in [0.5, 0.6) is 11.5 Å². The fraction of sp³-hybridized carbons (Fsp3) is 0.739. The number of benzene rings is 1. The molecule has 1 heterocycles. The van der Waals surface area contributed by atoms with Gasteiger partial charge in [0.25, 0.3) is 0 Å². The zero-order chi connectivity index (χ0) is 19.0. The maximum absolute atomic E-state index is 6.41. The molecular formula is C23H32O4. The van der Waals surface area contributed by atoms with Gasteiger partial charge in [-0.25, -0.2) is 0 Å². The lowest BCUT2D eigenvalue weighted by Crippen LogP contribution is -2.45. The highest BCUT2D eigenvalue weighted by Crippen LogP contribution is 2.64. The van der Waals surface area contributed by atoms with Gasteiger partial charge in [-0.2, -0.15) is 0 Å². The monoisotopic (exact) mass is 372 g/mol. The number of aryl methyl sites for hydroxylation is 1. The van der Waals surface area contributed by atoms with E-state index in [0.717, 1.165) is 24.3 Å². The maximum atomic E-state index is 6.41. The molecule has 1 aromatic rings. The van der Waals surface area contributed by atoms with Crippen LogP contribution in [-0.2, 0) is 15.9 Å². The minimum absolute atomic E-state index is 0.233. The lowest BCUT2D eigenvalue weighted by Gasteiger charge is -2.50. The summed E-state index contributed by atoms with van der Waals surface area (Å²) in [6.07, 6.45) is 6.41. The van der Waals surface area contributed by atoms with E-state index in [-0.39, 0.29) is 17.6 Å². The van der Waals surface area contributed by atoms with E-state index in [0.29, 0.717) is 17.8 Å². The van der Waals surface area contributed by atoms with E-state index in [2.05, 4.69) is 32.9 Å². The molecule has 0 radical (unpaired) electrons. The molecule has 5 rings (SSSR count). The second-order valence-electron chi connectivity index (χ2n) is 9.69. The summed E-state index contributed by atoms with van der Waals surface area (Å²) in [6, 6.07) is 4.28. The van der Waals surface area contributed by atoms with Crippen molar-refractivity contribution in [1.29, 1.82) is 0 Å². The Balaban J connectivity index is 1.50. The van der Waals surface area contributed by atoms with Crippen LogP contribution >= 0.6 is 0 Å². The molecule has 0 aromatic heterocycles. The van der Waals surface area contributed by atoms with Crippen molar-refractivity contribution in [3.63, 3.8) is 0 Å². The summed E-state index contributed by atoms with van der Waals surface area (Å²) < 4.78 is 24.0. The Hall–Kier alpha value is -1.26. The quantitative estimate of drug-likeness (QED) is 0.755. The van der Waals surface area contributed by atoms with Crippen molar-refractivity contribution in [2.45, 2.75) is 76.8 Å². The molecule has 0 N–H and O–H groups in total. The smallest absolute Gasteiger partial charge is 0.163 e. The van der Waals surface area contributed by atoms with Gasteiger partial charge < -0.3 is 18.9 Å². The van der Waals surface area contributed by atoms with Crippen LogP contribution in [0.15, 0.2) is 12.1 Å². The molecular weight excluding hydrogens is 340 g/mol. The van der Waals surface area contributed by atoms with Crippen LogP contribution in [0.4, 0.5) is 0 Å². The summed E-state index contributed by atoms with van der Waals surface area (Å²) in [4.78, 5) is 0. The summed E-state index contributed by atoms with van der Waals surface area (Å²) in [7, 11) is 3.52. The van der Waals surface area contributed by atoms with Crippen LogP contribution in [0.1, 0.15) is 63.5 Å². The molecule has 6 atom stereocenters. The summed E-state index contributed by atoms with van der Waals surface area (Å²) in [6.45, 7) is 6.58. The van der Waals surface area contributed by atoms with Gasteiger partial charge in [-0.15, -0.1) is 0 Å². The Bertz CT molecular complexity index is 740. The van der Waals surface area contributed by atoms with Gasteiger partial charge in [0.15, 0.2) is 5.79 Å². The number of rotatable bonds is 2. The number of fused-ring (bicyclic) bond motifs is 7. The Morgan fingerprint density at radius 1 is 1.04 bits per heavy atom. The average molecular weight is 373 g/mol. The van der Waals surface area contributed by atoms with Gasteiger partial charge in [0.05, 0.1) is 26.4 Å². The lowest BCUT2D eigenvalue weighted by molar-refractivity contribution is -0.178. The molecule has 2 saturated carbocycles. The van der Waals surface area contributed by atoms with E-state index in [9.17, 15) is 0 Å². The van der Waals surface area contributed by atoms with Crippen LogP contribution in [-0.4, -0.2) is 32.2 Å². The van der Waals surface area contributed by atoms with E-state index in [1.807, 2.05) is 0 Å². The Kier molecular flexibility index (Phi) is 3.87. The summed E-state index contributed by atoms with van der Waals surface area (Å²) in [5.74, 6) is 3.43. The predicted octanol–water partition coefficient (Wildman–Crippen LogP) is 4.69. The Morgan fingerprint density at radius 3 is 2.59 bits per heavy atom. The normalized spacial score (nSPS) is 41.3. The first kappa shape index (κ1) is 17.8. The first-order valence-corrected chi connectivity index (χ1v) is 10.5. The highest BCUT2D eigenvalue weighted by molar-refractivity contribution is 5.50. The summed E-state index contributed by atoms with van der Waals surface area (Å²) >= 11 is 0. The fourth-order valence-electron chi connectivity index (χ4n) is 6.90. The molecule has 1 aromatic carbocycles. The number of ether oxygens (including phenoxy) is 4. The van der Waals surface area contributed by atoms with Crippen LogP contribution < -0.4 is 9.47 Å². The van der Waals surface area contributed by atoms with Gasteiger partial charge in [0, 0.05) is 11.6 Å². The van der Waals surface area contributed by atoms with Crippen molar-refractivity contribution in [2.24, 2.45) is 17.3 Å². The Labute approximate surface area is 162 Å². The first-order chi connectivity index (χ1) is 12.9. The van der Waals surface area contributed by atoms with Crippen LogP contribution in [0.3, 0.4) is 0 Å². The third-order valence-corrected chi connectivity index (χ3v) is 7.97. The SMILES string of the molecule is COc1cc2c(c(OC)c1)[C@H]1CC[C@@]3(C)[C@@H](C[C@@H]4OC(C)(C)O[C@@H]43)[C@H]1CC2. The van der Waals surface area contributed by atoms with E-state index in [1.54, 1.807) is 14.2 Å². The van der Waals surface area contributed by atoms with Gasteiger partial charge in [-0.1, -0.05) is 6.92 Å². The maximum Gasteiger partial charge on any atom is 0.163 e. The van der Waals surface area contributed by atoms with Gasteiger partial charge in [0.2, 0.25) is 0 Å². The molecule has 148 valence electrons. The molecule has 0 amide bonds. The molecule has 0 unspecified atom stereocenters. The topological polar surface area (TPSA) is 36.9 Å². The highest BCUT2D eigenvalue weighted by atomic mass is 16.8. The second-order valence-corrected chi connectivity index (χ2v) is 9.69. The van der Waals surface area contributed by atoms with Crippen LogP contribution in [0, 0.1) is 17.3 Å². The number of hydrogen-bond donors (Lipinski definition) is 0. The van der Waals surface area contributed by atoms with Gasteiger partial charge in [-0.05, 0) is 80.8 Å². The van der Waals surface area contributed by atoms with Crippen molar-refractivity contribution in [1.82, 2.24) is 0 Å². The summed E-state index contributed by atoms with van der Waals surface area (Å²) in [5, 5.41) is 0. The third-order valence-electron chi connectivity index (χ3n) is 7.97. The molecule has 4 heteroatoms. The van der Waals surface area contributed by atoms with Crippen LogP contribution in [0.2, 0.25) is 0 Å². The average Bonchev–Trinajstić information content (AvgIpc) is 3.10. The molecule has 4 nitrogen and oxygen atoms in total. The van der Waals surface area contributed by atoms with Crippen molar-refractivity contribution in [2.75, 3.05) is 14.2 Å². The molecule has 0 spiro atoms. The minimum Gasteiger partial charge on any atom is -0.497 e. The largest absolute Gasteiger partial charge is 0.497 e. The summed E-state index contributed by atoms with van der Waals surface area (Å²) in [5.41, 5.74) is 3.09. The zero-order valence-electron chi connectivity index (χ0n) is 17.2. The molecule has 1 aliphatic heterocycles. The van der Waals surface area contributed by atoms with Gasteiger partial charge in [0.1, 0.15) is 11.5 Å². The second kappa shape index (κ2) is 5.87. The molecule has 0 bridgehead atoms. The Morgan fingerprint density at radius 2 is 1.85 bits per heavy atom. The van der Waals surface area contributed by atoms with E-state index in [1.165, 1.54) is 30.4 Å². The van der Waals surface area contributed by atoms with E-state index >= 15 is 0 Å². The van der Waals surface area contributed by atoms with Gasteiger partial charge >= 0.3 is 0 Å². The first-order valence-electron chi connectivity index (χ1n) is 10.5. The molecule has 1 saturated heterocycles. The van der Waals surface area contributed by atoms with Crippen molar-refractivity contribution >= 4 is 0 Å². The molecule has 3 aliphatic carbocycles. The predicted molar refractivity (Wildman–Crippen MR) is 103 cm³/mol. The number of methoxy groups -OCH3 is 2. The number of hydrogen-bond acceptors (Lipinski definition) is 4.